The lowest BCUT2D eigenvalue weighted by atomic mass is 9.82. The average Bonchev–Trinajstić information content (AvgIpc) is 3.71. The van der Waals surface area contributed by atoms with Crippen LogP contribution in [0.1, 0.15) is 25.0 Å². The Morgan fingerprint density at radius 2 is 0.964 bits per heavy atom. The second-order valence-electron chi connectivity index (χ2n) is 15.4. The Bertz CT molecular complexity index is 3120. The maximum Gasteiger partial charge on any atom is 0.160 e. The fourth-order valence-electron chi connectivity index (χ4n) is 9.12. The van der Waals surface area contributed by atoms with Crippen molar-refractivity contribution in [2.45, 2.75) is 19.3 Å². The number of nitrogens with zero attached hydrogens (tertiary/aromatic N) is 3. The van der Waals surface area contributed by atoms with E-state index in [1.807, 2.05) is 6.07 Å². The normalized spacial score (nSPS) is 13.0. The molecule has 1 aliphatic carbocycles. The van der Waals surface area contributed by atoms with Crippen LogP contribution in [0.4, 0.5) is 0 Å². The van der Waals surface area contributed by atoms with Crippen molar-refractivity contribution in [2.75, 3.05) is 0 Å². The number of aromatic nitrogens is 3. The van der Waals surface area contributed by atoms with E-state index in [4.69, 9.17) is 9.97 Å². The molecular weight excluding hydrogens is 679 g/mol. The summed E-state index contributed by atoms with van der Waals surface area (Å²) in [6.07, 6.45) is 0. The molecule has 0 amide bonds. The van der Waals surface area contributed by atoms with Crippen molar-refractivity contribution in [3.8, 4) is 61.8 Å². The molecular formula is C53H37N3. The van der Waals surface area contributed by atoms with Crippen molar-refractivity contribution in [3.63, 3.8) is 0 Å². The van der Waals surface area contributed by atoms with E-state index in [0.717, 1.165) is 39.2 Å². The standard InChI is InChI=1S/C53H37N3/c1-53(2)46-24-11-8-21-41(46)45-32-36(27-30-47(45)53)48-33-49(55-52(54-48)34-15-4-3-5-16-34)42-29-28-38(39-19-6-7-20-40(39)42)35-17-14-18-37(31-35)56-50-25-12-9-22-43(50)44-23-10-13-26-51(44)56/h3-33H,1-2H3. The zero-order valence-electron chi connectivity index (χ0n) is 31.2. The summed E-state index contributed by atoms with van der Waals surface area (Å²) in [5, 5.41) is 4.86. The Balaban J connectivity index is 1.07. The first kappa shape index (κ1) is 32.3. The van der Waals surface area contributed by atoms with E-state index in [1.165, 1.54) is 60.6 Å². The molecule has 0 fully saturated rings. The monoisotopic (exact) mass is 715 g/mol. The SMILES string of the molecule is CC1(C)c2ccccc2-c2cc(-c3cc(-c4ccc(-c5cccc(-n6c7ccccc7c7ccccc76)c5)c5ccccc45)nc(-c4ccccc4)n3)ccc21. The lowest BCUT2D eigenvalue weighted by Gasteiger charge is -2.21. The quantitative estimate of drug-likeness (QED) is 0.178. The molecule has 0 aliphatic heterocycles. The maximum absolute atomic E-state index is 5.27. The molecule has 10 aromatic rings. The Hall–Kier alpha value is -7.10. The van der Waals surface area contributed by atoms with E-state index >= 15 is 0 Å². The third-order valence-electron chi connectivity index (χ3n) is 11.8. The fraction of sp³-hybridized carbons (Fsp3) is 0.0566. The van der Waals surface area contributed by atoms with Gasteiger partial charge < -0.3 is 4.57 Å². The van der Waals surface area contributed by atoms with Crippen LogP contribution in [0.3, 0.4) is 0 Å². The average molecular weight is 716 g/mol. The highest BCUT2D eigenvalue weighted by molar-refractivity contribution is 6.09. The highest BCUT2D eigenvalue weighted by Gasteiger charge is 2.35. The van der Waals surface area contributed by atoms with Gasteiger partial charge in [0.15, 0.2) is 5.82 Å². The van der Waals surface area contributed by atoms with Crippen molar-refractivity contribution in [1.29, 1.82) is 0 Å². The van der Waals surface area contributed by atoms with Gasteiger partial charge >= 0.3 is 0 Å². The number of benzene rings is 8. The van der Waals surface area contributed by atoms with E-state index in [2.05, 4.69) is 200 Å². The Labute approximate surface area is 326 Å². The molecule has 3 heteroatoms. The molecule has 0 unspecified atom stereocenters. The number of rotatable bonds is 5. The van der Waals surface area contributed by atoms with Gasteiger partial charge in [0.25, 0.3) is 0 Å². The molecule has 0 atom stereocenters. The molecule has 2 aromatic heterocycles. The van der Waals surface area contributed by atoms with Gasteiger partial charge in [0.2, 0.25) is 0 Å². The lowest BCUT2D eigenvalue weighted by Crippen LogP contribution is -2.14. The van der Waals surface area contributed by atoms with E-state index in [-0.39, 0.29) is 5.41 Å². The Kier molecular flexibility index (Phi) is 7.20. The van der Waals surface area contributed by atoms with Crippen molar-refractivity contribution in [3.05, 3.63) is 199 Å². The highest BCUT2D eigenvalue weighted by atomic mass is 15.0. The molecule has 0 saturated heterocycles. The van der Waals surface area contributed by atoms with Gasteiger partial charge in [-0.25, -0.2) is 9.97 Å². The molecule has 0 spiro atoms. The van der Waals surface area contributed by atoms with Gasteiger partial charge in [-0.1, -0.05) is 166 Å². The smallest absolute Gasteiger partial charge is 0.160 e. The summed E-state index contributed by atoms with van der Waals surface area (Å²) in [5.41, 5.74) is 16.1. The van der Waals surface area contributed by atoms with E-state index < -0.39 is 0 Å². The largest absolute Gasteiger partial charge is 0.309 e. The van der Waals surface area contributed by atoms with Gasteiger partial charge in [0.05, 0.1) is 22.4 Å². The third-order valence-corrected chi connectivity index (χ3v) is 11.8. The topological polar surface area (TPSA) is 30.7 Å². The van der Waals surface area contributed by atoms with Crippen molar-refractivity contribution >= 4 is 32.6 Å². The van der Waals surface area contributed by atoms with E-state index in [9.17, 15) is 0 Å². The van der Waals surface area contributed by atoms with Gasteiger partial charge in [-0.3, -0.25) is 0 Å². The fourth-order valence-corrected chi connectivity index (χ4v) is 9.12. The second kappa shape index (κ2) is 12.5. The summed E-state index contributed by atoms with van der Waals surface area (Å²) in [6.45, 7) is 4.65. The van der Waals surface area contributed by atoms with Gasteiger partial charge in [0, 0.05) is 38.6 Å². The van der Waals surface area contributed by atoms with Crippen molar-refractivity contribution in [1.82, 2.24) is 14.5 Å². The van der Waals surface area contributed by atoms with Crippen LogP contribution in [0.15, 0.2) is 188 Å². The zero-order chi connectivity index (χ0) is 37.4. The molecule has 0 N–H and O–H groups in total. The Morgan fingerprint density at radius 1 is 0.375 bits per heavy atom. The minimum absolute atomic E-state index is 0.0554. The van der Waals surface area contributed by atoms with Gasteiger partial charge in [-0.2, -0.15) is 0 Å². The van der Waals surface area contributed by atoms with Crippen LogP contribution < -0.4 is 0 Å². The van der Waals surface area contributed by atoms with Crippen LogP contribution in [0.5, 0.6) is 0 Å². The summed E-state index contributed by atoms with van der Waals surface area (Å²) >= 11 is 0. The molecule has 0 saturated carbocycles. The predicted octanol–water partition coefficient (Wildman–Crippen LogP) is 13.7. The molecule has 2 heterocycles. The minimum atomic E-state index is -0.0554. The second-order valence-corrected chi connectivity index (χ2v) is 15.4. The summed E-state index contributed by atoms with van der Waals surface area (Å²) in [7, 11) is 0. The van der Waals surface area contributed by atoms with Crippen LogP contribution in [-0.4, -0.2) is 14.5 Å². The van der Waals surface area contributed by atoms with E-state index in [1.54, 1.807) is 0 Å². The van der Waals surface area contributed by atoms with Crippen LogP contribution in [0, 0.1) is 0 Å². The first-order valence-corrected chi connectivity index (χ1v) is 19.3. The van der Waals surface area contributed by atoms with Gasteiger partial charge in [-0.05, 0) is 80.6 Å². The molecule has 0 bridgehead atoms. The van der Waals surface area contributed by atoms with Crippen LogP contribution in [0.25, 0.3) is 94.4 Å². The minimum Gasteiger partial charge on any atom is -0.309 e. The summed E-state index contributed by atoms with van der Waals surface area (Å²) < 4.78 is 2.39. The number of hydrogen-bond acceptors (Lipinski definition) is 2. The predicted molar refractivity (Wildman–Crippen MR) is 233 cm³/mol. The zero-order valence-corrected chi connectivity index (χ0v) is 31.2. The van der Waals surface area contributed by atoms with Crippen molar-refractivity contribution in [2.24, 2.45) is 0 Å². The Morgan fingerprint density at radius 3 is 1.73 bits per heavy atom. The van der Waals surface area contributed by atoms with Gasteiger partial charge in [-0.15, -0.1) is 0 Å². The lowest BCUT2D eigenvalue weighted by molar-refractivity contribution is 0.660. The highest BCUT2D eigenvalue weighted by Crippen LogP contribution is 2.49. The molecule has 264 valence electrons. The summed E-state index contributed by atoms with van der Waals surface area (Å²) in [4.78, 5) is 10.5. The molecule has 1 aliphatic rings. The van der Waals surface area contributed by atoms with Crippen molar-refractivity contribution < 1.29 is 0 Å². The molecule has 56 heavy (non-hydrogen) atoms. The molecule has 3 nitrogen and oxygen atoms in total. The number of fused-ring (bicyclic) bond motifs is 7. The molecule has 0 radical (unpaired) electrons. The molecule has 11 rings (SSSR count). The molecule has 8 aromatic carbocycles. The number of para-hydroxylation sites is 2. The first-order chi connectivity index (χ1) is 27.5. The first-order valence-electron chi connectivity index (χ1n) is 19.3. The van der Waals surface area contributed by atoms with Gasteiger partial charge in [0.1, 0.15) is 0 Å². The maximum atomic E-state index is 5.27. The van der Waals surface area contributed by atoms with Crippen LogP contribution >= 0.6 is 0 Å². The number of hydrogen-bond donors (Lipinski definition) is 0. The van der Waals surface area contributed by atoms with Crippen LogP contribution in [-0.2, 0) is 5.41 Å². The summed E-state index contributed by atoms with van der Waals surface area (Å²) in [5.74, 6) is 0.714. The van der Waals surface area contributed by atoms with Crippen LogP contribution in [0.2, 0.25) is 0 Å². The van der Waals surface area contributed by atoms with E-state index in [0.29, 0.717) is 5.82 Å². The summed E-state index contributed by atoms with van der Waals surface area (Å²) in [6, 6.07) is 67.7. The third kappa shape index (κ3) is 4.98.